The largest absolute Gasteiger partial charge is 0.399 e. The standard InChI is InChI=1S/C16H18F2N2/c1-2-20(10-12-5-3-7-14(19)9-12)11-13-6-4-8-15(17)16(13)18/h3-9H,2,10-11,19H2,1H3. The first kappa shape index (κ1) is 14.5. The number of benzene rings is 2. The number of nitrogen functional groups attached to an aromatic ring is 1. The molecule has 0 heterocycles. The number of nitrogens with zero attached hydrogens (tertiary/aromatic N) is 1. The van der Waals surface area contributed by atoms with E-state index in [1.54, 1.807) is 6.07 Å². The van der Waals surface area contributed by atoms with Crippen LogP contribution in [0, 0.1) is 11.6 Å². The summed E-state index contributed by atoms with van der Waals surface area (Å²) < 4.78 is 26.9. The third kappa shape index (κ3) is 3.54. The molecule has 4 heteroatoms. The van der Waals surface area contributed by atoms with Crippen LogP contribution in [0.25, 0.3) is 0 Å². The van der Waals surface area contributed by atoms with Crippen molar-refractivity contribution in [3.8, 4) is 0 Å². The molecule has 0 aliphatic rings. The fourth-order valence-electron chi connectivity index (χ4n) is 2.14. The first-order chi connectivity index (χ1) is 9.60. The van der Waals surface area contributed by atoms with E-state index in [9.17, 15) is 8.78 Å². The normalized spacial score (nSPS) is 11.0. The molecule has 20 heavy (non-hydrogen) atoms. The zero-order valence-electron chi connectivity index (χ0n) is 11.4. The lowest BCUT2D eigenvalue weighted by Crippen LogP contribution is -2.23. The zero-order chi connectivity index (χ0) is 14.5. The van der Waals surface area contributed by atoms with Gasteiger partial charge in [0.2, 0.25) is 0 Å². The van der Waals surface area contributed by atoms with E-state index in [0.717, 1.165) is 18.2 Å². The van der Waals surface area contributed by atoms with Gasteiger partial charge in [-0.2, -0.15) is 0 Å². The zero-order valence-corrected chi connectivity index (χ0v) is 11.4. The molecule has 2 aromatic rings. The van der Waals surface area contributed by atoms with Crippen LogP contribution in [0.1, 0.15) is 18.1 Å². The molecule has 2 nitrogen and oxygen atoms in total. The van der Waals surface area contributed by atoms with Crippen LogP contribution in [0.4, 0.5) is 14.5 Å². The van der Waals surface area contributed by atoms with Gasteiger partial charge in [-0.05, 0) is 30.3 Å². The molecule has 0 saturated carbocycles. The molecule has 106 valence electrons. The van der Waals surface area contributed by atoms with Crippen molar-refractivity contribution in [3.05, 3.63) is 65.2 Å². The highest BCUT2D eigenvalue weighted by Gasteiger charge is 2.11. The number of rotatable bonds is 5. The molecular formula is C16H18F2N2. The molecule has 0 spiro atoms. The first-order valence-electron chi connectivity index (χ1n) is 6.59. The van der Waals surface area contributed by atoms with E-state index in [-0.39, 0.29) is 0 Å². The second-order valence-corrected chi connectivity index (χ2v) is 4.76. The lowest BCUT2D eigenvalue weighted by Gasteiger charge is -2.21. The summed E-state index contributed by atoms with van der Waals surface area (Å²) in [6.45, 7) is 3.75. The summed E-state index contributed by atoms with van der Waals surface area (Å²) in [4.78, 5) is 2.03. The van der Waals surface area contributed by atoms with Gasteiger partial charge in [-0.3, -0.25) is 4.90 Å². The van der Waals surface area contributed by atoms with Crippen LogP contribution < -0.4 is 5.73 Å². The van der Waals surface area contributed by atoms with E-state index in [4.69, 9.17) is 5.73 Å². The Bertz CT molecular complexity index is 584. The quantitative estimate of drug-likeness (QED) is 0.846. The number of hydrogen-bond acceptors (Lipinski definition) is 2. The second kappa shape index (κ2) is 6.48. The van der Waals surface area contributed by atoms with Gasteiger partial charge in [0.1, 0.15) is 0 Å². The Hall–Kier alpha value is -1.94. The fraction of sp³-hybridized carbons (Fsp3) is 0.250. The van der Waals surface area contributed by atoms with Crippen molar-refractivity contribution < 1.29 is 8.78 Å². The van der Waals surface area contributed by atoms with Gasteiger partial charge < -0.3 is 5.73 Å². The number of hydrogen-bond donors (Lipinski definition) is 1. The van der Waals surface area contributed by atoms with Crippen molar-refractivity contribution in [1.29, 1.82) is 0 Å². The Balaban J connectivity index is 2.11. The molecule has 2 rings (SSSR count). The van der Waals surface area contributed by atoms with Crippen LogP contribution in [0.15, 0.2) is 42.5 Å². The molecule has 2 aromatic carbocycles. The van der Waals surface area contributed by atoms with Gasteiger partial charge in [0.25, 0.3) is 0 Å². The van der Waals surface area contributed by atoms with E-state index in [1.165, 1.54) is 6.07 Å². The maximum Gasteiger partial charge on any atom is 0.163 e. The number of anilines is 1. The molecular weight excluding hydrogens is 258 g/mol. The minimum Gasteiger partial charge on any atom is -0.399 e. The third-order valence-electron chi connectivity index (χ3n) is 3.23. The molecule has 0 fully saturated rings. The summed E-state index contributed by atoms with van der Waals surface area (Å²) in [7, 11) is 0. The highest BCUT2D eigenvalue weighted by molar-refractivity contribution is 5.40. The Morgan fingerprint density at radius 3 is 2.50 bits per heavy atom. The van der Waals surface area contributed by atoms with E-state index in [2.05, 4.69) is 0 Å². The summed E-state index contributed by atoms with van der Waals surface area (Å²) in [5.74, 6) is -1.57. The topological polar surface area (TPSA) is 29.3 Å². The molecule has 0 atom stereocenters. The smallest absolute Gasteiger partial charge is 0.163 e. The van der Waals surface area contributed by atoms with Gasteiger partial charge >= 0.3 is 0 Å². The molecule has 0 aliphatic heterocycles. The van der Waals surface area contributed by atoms with Gasteiger partial charge in [-0.15, -0.1) is 0 Å². The van der Waals surface area contributed by atoms with E-state index in [0.29, 0.717) is 24.3 Å². The molecule has 0 aromatic heterocycles. The average Bonchev–Trinajstić information content (AvgIpc) is 2.43. The Kier molecular flexibility index (Phi) is 4.69. The summed E-state index contributed by atoms with van der Waals surface area (Å²) in [6.07, 6.45) is 0. The summed E-state index contributed by atoms with van der Waals surface area (Å²) in [5, 5.41) is 0. The van der Waals surface area contributed by atoms with E-state index < -0.39 is 11.6 Å². The third-order valence-corrected chi connectivity index (χ3v) is 3.23. The molecule has 0 aliphatic carbocycles. The number of nitrogens with two attached hydrogens (primary N) is 1. The highest BCUT2D eigenvalue weighted by atomic mass is 19.2. The van der Waals surface area contributed by atoms with Crippen molar-refractivity contribution in [2.45, 2.75) is 20.0 Å². The second-order valence-electron chi connectivity index (χ2n) is 4.76. The van der Waals surface area contributed by atoms with Gasteiger partial charge in [0.15, 0.2) is 11.6 Å². The van der Waals surface area contributed by atoms with Crippen LogP contribution >= 0.6 is 0 Å². The number of halogens is 2. The molecule has 0 bridgehead atoms. The average molecular weight is 276 g/mol. The van der Waals surface area contributed by atoms with Crippen molar-refractivity contribution in [2.75, 3.05) is 12.3 Å². The van der Waals surface area contributed by atoms with Gasteiger partial charge in [-0.1, -0.05) is 31.2 Å². The van der Waals surface area contributed by atoms with Crippen molar-refractivity contribution in [1.82, 2.24) is 4.90 Å². The van der Waals surface area contributed by atoms with E-state index >= 15 is 0 Å². The Labute approximate surface area is 117 Å². The maximum absolute atomic E-state index is 13.7. The summed E-state index contributed by atoms with van der Waals surface area (Å²) in [6, 6.07) is 11.9. The van der Waals surface area contributed by atoms with Gasteiger partial charge in [0, 0.05) is 24.3 Å². The van der Waals surface area contributed by atoms with Crippen molar-refractivity contribution in [2.24, 2.45) is 0 Å². The Morgan fingerprint density at radius 1 is 1.05 bits per heavy atom. The van der Waals surface area contributed by atoms with Crippen LogP contribution in [0.5, 0.6) is 0 Å². The lowest BCUT2D eigenvalue weighted by atomic mass is 10.1. The van der Waals surface area contributed by atoms with E-state index in [1.807, 2.05) is 36.1 Å². The van der Waals surface area contributed by atoms with Crippen molar-refractivity contribution in [3.63, 3.8) is 0 Å². The maximum atomic E-state index is 13.7. The molecule has 0 radical (unpaired) electrons. The molecule has 0 saturated heterocycles. The van der Waals surface area contributed by atoms with Crippen LogP contribution in [-0.2, 0) is 13.1 Å². The predicted octanol–water partition coefficient (Wildman–Crippen LogP) is 3.57. The summed E-state index contributed by atoms with van der Waals surface area (Å²) >= 11 is 0. The highest BCUT2D eigenvalue weighted by Crippen LogP contribution is 2.16. The first-order valence-corrected chi connectivity index (χ1v) is 6.59. The minimum atomic E-state index is -0.803. The SMILES string of the molecule is CCN(Cc1cccc(N)c1)Cc1cccc(F)c1F. The fourth-order valence-corrected chi connectivity index (χ4v) is 2.14. The van der Waals surface area contributed by atoms with Gasteiger partial charge in [-0.25, -0.2) is 8.78 Å². The van der Waals surface area contributed by atoms with Gasteiger partial charge in [0.05, 0.1) is 0 Å². The lowest BCUT2D eigenvalue weighted by molar-refractivity contribution is 0.266. The molecule has 2 N–H and O–H groups in total. The van der Waals surface area contributed by atoms with Crippen LogP contribution in [-0.4, -0.2) is 11.4 Å². The Morgan fingerprint density at radius 2 is 1.80 bits per heavy atom. The summed E-state index contributed by atoms with van der Waals surface area (Å²) in [5.41, 5.74) is 7.88. The monoisotopic (exact) mass is 276 g/mol. The minimum absolute atomic E-state index is 0.370. The van der Waals surface area contributed by atoms with Crippen molar-refractivity contribution >= 4 is 5.69 Å². The molecule has 0 amide bonds. The van der Waals surface area contributed by atoms with Crippen LogP contribution in [0.3, 0.4) is 0 Å². The van der Waals surface area contributed by atoms with Crippen LogP contribution in [0.2, 0.25) is 0 Å². The predicted molar refractivity (Wildman–Crippen MR) is 77.0 cm³/mol. The molecule has 0 unspecified atom stereocenters.